The van der Waals surface area contributed by atoms with Crippen molar-refractivity contribution in [3.8, 4) is 34.8 Å². The van der Waals surface area contributed by atoms with Crippen molar-refractivity contribution in [3.05, 3.63) is 77.2 Å². The molecule has 0 spiro atoms. The third-order valence-electron chi connectivity index (χ3n) is 5.77. The van der Waals surface area contributed by atoms with Gasteiger partial charge in [0.1, 0.15) is 12.4 Å². The number of rotatable bonds is 6. The highest BCUT2D eigenvalue weighted by Crippen LogP contribution is 2.44. The summed E-state index contributed by atoms with van der Waals surface area (Å²) < 4.78 is 48.9. The van der Waals surface area contributed by atoms with Gasteiger partial charge in [-0.2, -0.15) is 13.9 Å². The highest BCUT2D eigenvalue weighted by molar-refractivity contribution is 5.56. The van der Waals surface area contributed by atoms with E-state index in [2.05, 4.69) is 26.7 Å². The summed E-state index contributed by atoms with van der Waals surface area (Å²) >= 11 is 0. The molecular weight excluding hydrogens is 494 g/mol. The topological polar surface area (TPSA) is 93.1 Å². The van der Waals surface area contributed by atoms with Crippen LogP contribution in [0, 0.1) is 11.8 Å². The molecule has 0 bridgehead atoms. The number of ether oxygens (including phenoxy) is 4. The highest BCUT2D eigenvalue weighted by atomic mass is 19.3. The Hall–Kier alpha value is -4.36. The molecule has 2 N–H and O–H groups in total. The zero-order valence-electron chi connectivity index (χ0n) is 21.1. The summed E-state index contributed by atoms with van der Waals surface area (Å²) in [6.45, 7) is 1.05. The van der Waals surface area contributed by atoms with E-state index in [0.717, 1.165) is 22.4 Å². The molecule has 0 fully saturated rings. The zero-order chi connectivity index (χ0) is 26.9. The summed E-state index contributed by atoms with van der Waals surface area (Å²) in [5.74, 6) is 7.65. The van der Waals surface area contributed by atoms with Crippen molar-refractivity contribution in [1.82, 2.24) is 14.6 Å². The van der Waals surface area contributed by atoms with Crippen molar-refractivity contribution in [2.75, 3.05) is 13.7 Å². The Kier molecular flexibility index (Phi) is 6.78. The molecule has 10 heteroatoms. The van der Waals surface area contributed by atoms with Gasteiger partial charge in [0.15, 0.2) is 23.3 Å². The summed E-state index contributed by atoms with van der Waals surface area (Å²) in [7, 11) is 1.56. The average molecular weight is 521 g/mol. The van der Waals surface area contributed by atoms with Gasteiger partial charge in [0, 0.05) is 18.1 Å². The maximum atomic E-state index is 12.4. The molecule has 4 aromatic rings. The Labute approximate surface area is 218 Å². The van der Waals surface area contributed by atoms with Crippen LogP contribution >= 0.6 is 0 Å². The molecule has 5 rings (SSSR count). The normalized spacial score (nSPS) is 14.8. The first-order valence-corrected chi connectivity index (χ1v) is 11.9. The van der Waals surface area contributed by atoms with Gasteiger partial charge in [-0.3, -0.25) is 0 Å². The molecule has 1 aliphatic heterocycles. The lowest BCUT2D eigenvalue weighted by atomic mass is 10.1. The molecule has 0 radical (unpaired) electrons. The lowest BCUT2D eigenvalue weighted by molar-refractivity contribution is -0.0498. The van der Waals surface area contributed by atoms with Gasteiger partial charge < -0.3 is 24.7 Å². The Balaban J connectivity index is 1.35. The maximum absolute atomic E-state index is 12.4. The van der Waals surface area contributed by atoms with E-state index in [-0.39, 0.29) is 12.4 Å². The van der Waals surface area contributed by atoms with Gasteiger partial charge in [-0.1, -0.05) is 24.0 Å². The van der Waals surface area contributed by atoms with Crippen LogP contribution in [0.3, 0.4) is 0 Å². The van der Waals surface area contributed by atoms with E-state index in [1.54, 1.807) is 36.2 Å². The third-order valence-corrected chi connectivity index (χ3v) is 5.77. The second-order valence-corrected chi connectivity index (χ2v) is 9.40. The predicted octanol–water partition coefficient (Wildman–Crippen LogP) is 4.53. The summed E-state index contributed by atoms with van der Waals surface area (Å²) in [6.07, 6.45) is 3.55. The number of methoxy groups -OCH3 is 1. The lowest BCUT2D eigenvalue weighted by Gasteiger charge is -2.28. The van der Waals surface area contributed by atoms with Crippen LogP contribution in [-0.4, -0.2) is 40.5 Å². The van der Waals surface area contributed by atoms with Gasteiger partial charge in [0.05, 0.1) is 30.7 Å². The molecule has 8 nitrogen and oxygen atoms in total. The fourth-order valence-corrected chi connectivity index (χ4v) is 4.03. The average Bonchev–Trinajstić information content (AvgIpc) is 3.28. The molecule has 0 saturated carbocycles. The zero-order valence-corrected chi connectivity index (χ0v) is 21.1. The second kappa shape index (κ2) is 10.2. The van der Waals surface area contributed by atoms with Crippen LogP contribution in [0.5, 0.6) is 23.0 Å². The number of hydrogen-bond acceptors (Lipinski definition) is 7. The molecule has 2 aromatic carbocycles. The number of aromatic nitrogens is 3. The second-order valence-electron chi connectivity index (χ2n) is 9.40. The largest absolute Gasteiger partial charge is 0.493 e. The first kappa shape index (κ1) is 25.3. The monoisotopic (exact) mass is 520 g/mol. The number of benzene rings is 2. The molecule has 196 valence electrons. The third kappa shape index (κ3) is 5.63. The minimum absolute atomic E-state index is 0.0775. The van der Waals surface area contributed by atoms with Crippen LogP contribution in [0.4, 0.5) is 8.78 Å². The smallest absolute Gasteiger partial charge is 0.387 e. The van der Waals surface area contributed by atoms with E-state index in [4.69, 9.17) is 19.9 Å². The molecule has 1 atom stereocenters. The van der Waals surface area contributed by atoms with Gasteiger partial charge in [0.25, 0.3) is 0 Å². The number of alkyl halides is 2. The van der Waals surface area contributed by atoms with Gasteiger partial charge >= 0.3 is 6.61 Å². The molecule has 0 amide bonds. The van der Waals surface area contributed by atoms with E-state index >= 15 is 0 Å². The minimum Gasteiger partial charge on any atom is -0.493 e. The van der Waals surface area contributed by atoms with E-state index in [1.807, 2.05) is 32.0 Å². The van der Waals surface area contributed by atoms with E-state index in [9.17, 15) is 8.78 Å². The van der Waals surface area contributed by atoms with Crippen molar-refractivity contribution in [2.45, 2.75) is 38.5 Å². The van der Waals surface area contributed by atoms with Gasteiger partial charge in [-0.25, -0.2) is 9.50 Å². The standard InChI is InChI=1S/C28H26F2N4O4/c1-28(2,31)9-8-17-13-25-32-15-20(34(25)33-14-17)10-18-11-22(35-3)26-23(12-18)36-16-24(38-26)19-4-6-21(7-5-19)37-27(29)30/h4-7,11-15,24,27H,10,16,31H2,1-3H3. The fraction of sp³-hybridized carbons (Fsp3) is 0.286. The molecule has 38 heavy (non-hydrogen) atoms. The molecule has 2 aromatic heterocycles. The molecular formula is C28H26F2N4O4. The van der Waals surface area contributed by atoms with Crippen LogP contribution in [0.25, 0.3) is 5.65 Å². The number of imidazole rings is 1. The summed E-state index contributed by atoms with van der Waals surface area (Å²) in [5.41, 5.74) is 9.33. The van der Waals surface area contributed by atoms with Crippen molar-refractivity contribution >= 4 is 5.65 Å². The minimum atomic E-state index is -2.88. The highest BCUT2D eigenvalue weighted by Gasteiger charge is 2.27. The van der Waals surface area contributed by atoms with Gasteiger partial charge in [0.2, 0.25) is 5.75 Å². The Morgan fingerprint density at radius 1 is 1.18 bits per heavy atom. The number of nitrogens with zero attached hydrogens (tertiary/aromatic N) is 3. The van der Waals surface area contributed by atoms with Crippen molar-refractivity contribution < 1.29 is 27.7 Å². The van der Waals surface area contributed by atoms with Crippen LogP contribution < -0.4 is 24.7 Å². The maximum Gasteiger partial charge on any atom is 0.387 e. The van der Waals surface area contributed by atoms with Crippen LogP contribution in [0.1, 0.15) is 42.3 Å². The Morgan fingerprint density at radius 3 is 2.68 bits per heavy atom. The first-order chi connectivity index (χ1) is 18.2. The van der Waals surface area contributed by atoms with Crippen LogP contribution in [-0.2, 0) is 6.42 Å². The number of nitrogens with two attached hydrogens (primary N) is 1. The SMILES string of the molecule is COc1cc(Cc2cnc3cc(C#CC(C)(C)N)cnn23)cc2c1OC(c1ccc(OC(F)F)cc1)CO2. The summed E-state index contributed by atoms with van der Waals surface area (Å²) in [6, 6.07) is 11.9. The quantitative estimate of drug-likeness (QED) is 0.374. The Bertz CT molecular complexity index is 1500. The lowest BCUT2D eigenvalue weighted by Crippen LogP contribution is -2.29. The summed E-state index contributed by atoms with van der Waals surface area (Å²) in [5, 5.41) is 4.51. The van der Waals surface area contributed by atoms with E-state index < -0.39 is 18.3 Å². The first-order valence-electron chi connectivity index (χ1n) is 11.9. The Morgan fingerprint density at radius 2 is 1.97 bits per heavy atom. The molecule has 0 saturated heterocycles. The van der Waals surface area contributed by atoms with Crippen LogP contribution in [0.15, 0.2) is 54.9 Å². The van der Waals surface area contributed by atoms with Crippen molar-refractivity contribution in [1.29, 1.82) is 0 Å². The molecule has 0 aliphatic carbocycles. The predicted molar refractivity (Wildman–Crippen MR) is 136 cm³/mol. The van der Waals surface area contributed by atoms with Crippen molar-refractivity contribution in [2.24, 2.45) is 5.73 Å². The summed E-state index contributed by atoms with van der Waals surface area (Å²) in [4.78, 5) is 4.48. The number of halogens is 2. The van der Waals surface area contributed by atoms with Gasteiger partial charge in [-0.15, -0.1) is 0 Å². The number of hydrogen-bond donors (Lipinski definition) is 1. The number of fused-ring (bicyclic) bond motifs is 2. The van der Waals surface area contributed by atoms with E-state index in [1.165, 1.54) is 12.1 Å². The molecule has 3 heterocycles. The molecule has 1 unspecified atom stereocenters. The fourth-order valence-electron chi connectivity index (χ4n) is 4.03. The van der Waals surface area contributed by atoms with Crippen LogP contribution in [0.2, 0.25) is 0 Å². The van der Waals surface area contributed by atoms with Gasteiger partial charge in [-0.05, 0) is 49.2 Å². The van der Waals surface area contributed by atoms with Crippen molar-refractivity contribution in [3.63, 3.8) is 0 Å². The van der Waals surface area contributed by atoms with E-state index in [0.29, 0.717) is 29.3 Å². The molecule has 1 aliphatic rings.